The lowest BCUT2D eigenvalue weighted by Gasteiger charge is -2.32. The van der Waals surface area contributed by atoms with Crippen LogP contribution in [0.4, 0.5) is 0 Å². The van der Waals surface area contributed by atoms with Crippen LogP contribution in [0.15, 0.2) is 28.7 Å². The summed E-state index contributed by atoms with van der Waals surface area (Å²) in [6, 6.07) is 8.79. The number of nitrogens with one attached hydrogen (secondary N) is 1. The van der Waals surface area contributed by atoms with Crippen LogP contribution in [0.2, 0.25) is 0 Å². The summed E-state index contributed by atoms with van der Waals surface area (Å²) in [6.45, 7) is 7.61. The fourth-order valence-electron chi connectivity index (χ4n) is 2.34. The van der Waals surface area contributed by atoms with Gasteiger partial charge in [0.05, 0.1) is 0 Å². The molecule has 0 aliphatic carbocycles. The molecule has 108 valence electrons. The van der Waals surface area contributed by atoms with Gasteiger partial charge in [0, 0.05) is 29.1 Å². The number of hydrogen-bond donors (Lipinski definition) is 2. The van der Waals surface area contributed by atoms with Gasteiger partial charge in [0.25, 0.3) is 0 Å². The van der Waals surface area contributed by atoms with Gasteiger partial charge in [-0.3, -0.25) is 0 Å². The second-order valence-corrected chi connectivity index (χ2v) is 6.18. The van der Waals surface area contributed by atoms with Crippen LogP contribution in [-0.4, -0.2) is 18.3 Å². The molecule has 0 saturated heterocycles. The van der Waals surface area contributed by atoms with Crippen molar-refractivity contribution < 1.29 is 5.11 Å². The fourth-order valence-corrected chi connectivity index (χ4v) is 2.76. The molecule has 1 rings (SSSR count). The molecular formula is C16H26BrNO. The van der Waals surface area contributed by atoms with Crippen molar-refractivity contribution in [3.8, 4) is 0 Å². The summed E-state index contributed by atoms with van der Waals surface area (Å²) in [7, 11) is 0. The van der Waals surface area contributed by atoms with E-state index in [0.717, 1.165) is 30.3 Å². The van der Waals surface area contributed by atoms with Crippen LogP contribution >= 0.6 is 15.9 Å². The van der Waals surface area contributed by atoms with Crippen molar-refractivity contribution in [1.29, 1.82) is 0 Å². The normalized spacial score (nSPS) is 13.5. The minimum atomic E-state index is 0.0133. The zero-order chi connectivity index (χ0) is 14.3. The molecule has 0 aliphatic rings. The molecule has 0 fully saturated rings. The Labute approximate surface area is 125 Å². The number of hydrogen-bond acceptors (Lipinski definition) is 2. The van der Waals surface area contributed by atoms with Gasteiger partial charge < -0.3 is 10.4 Å². The number of aliphatic hydroxyl groups is 1. The smallest absolute Gasteiger partial charge is 0.0499 e. The minimum absolute atomic E-state index is 0.0133. The molecule has 1 atom stereocenters. The Bertz CT molecular complexity index is 369. The van der Waals surface area contributed by atoms with Gasteiger partial charge in [-0.05, 0) is 37.0 Å². The Balaban J connectivity index is 2.72. The maximum Gasteiger partial charge on any atom is 0.0499 e. The Morgan fingerprint density at radius 2 is 1.95 bits per heavy atom. The molecule has 0 amide bonds. The first-order valence-corrected chi connectivity index (χ1v) is 7.99. The number of aliphatic hydroxyl groups excluding tert-OH is 1. The van der Waals surface area contributed by atoms with Gasteiger partial charge in [-0.25, -0.2) is 0 Å². The quantitative estimate of drug-likeness (QED) is 0.746. The second-order valence-electron chi connectivity index (χ2n) is 5.26. The third kappa shape index (κ3) is 4.59. The third-order valence-corrected chi connectivity index (χ3v) is 4.71. The summed E-state index contributed by atoms with van der Waals surface area (Å²) in [5.74, 6) is 0. The molecule has 1 aromatic rings. The third-order valence-electron chi connectivity index (χ3n) is 4.22. The Hall–Kier alpha value is -0.380. The van der Waals surface area contributed by atoms with Gasteiger partial charge in [-0.2, -0.15) is 0 Å². The zero-order valence-corrected chi connectivity index (χ0v) is 13.8. The SMILES string of the molecule is CCC(NCC(CC)(CC)CO)c1cccc(Br)c1. The number of benzene rings is 1. The van der Waals surface area contributed by atoms with Crippen molar-refractivity contribution in [1.82, 2.24) is 5.32 Å². The van der Waals surface area contributed by atoms with E-state index in [1.807, 2.05) is 6.07 Å². The molecule has 1 aromatic carbocycles. The van der Waals surface area contributed by atoms with Crippen LogP contribution in [0.3, 0.4) is 0 Å². The van der Waals surface area contributed by atoms with E-state index in [1.54, 1.807) is 0 Å². The van der Waals surface area contributed by atoms with Crippen molar-refractivity contribution in [3.05, 3.63) is 34.3 Å². The molecule has 2 nitrogen and oxygen atoms in total. The molecule has 3 heteroatoms. The highest BCUT2D eigenvalue weighted by molar-refractivity contribution is 9.10. The van der Waals surface area contributed by atoms with E-state index in [0.29, 0.717) is 6.04 Å². The molecule has 0 radical (unpaired) electrons. The van der Waals surface area contributed by atoms with Gasteiger partial charge >= 0.3 is 0 Å². The topological polar surface area (TPSA) is 32.3 Å². The average Bonchev–Trinajstić information content (AvgIpc) is 2.44. The predicted octanol–water partition coefficient (Wildman–Crippen LogP) is 4.29. The molecule has 2 N–H and O–H groups in total. The highest BCUT2D eigenvalue weighted by Crippen LogP contribution is 2.27. The highest BCUT2D eigenvalue weighted by atomic mass is 79.9. The summed E-state index contributed by atoms with van der Waals surface area (Å²) in [5.41, 5.74) is 1.32. The molecular weight excluding hydrogens is 302 g/mol. The fraction of sp³-hybridized carbons (Fsp3) is 0.625. The number of halogens is 1. The van der Waals surface area contributed by atoms with E-state index in [4.69, 9.17) is 0 Å². The molecule has 0 aromatic heterocycles. The van der Waals surface area contributed by atoms with Gasteiger partial charge in [-0.15, -0.1) is 0 Å². The zero-order valence-electron chi connectivity index (χ0n) is 12.2. The van der Waals surface area contributed by atoms with E-state index in [9.17, 15) is 5.11 Å². The van der Waals surface area contributed by atoms with Crippen molar-refractivity contribution in [2.75, 3.05) is 13.2 Å². The monoisotopic (exact) mass is 327 g/mol. The lowest BCUT2D eigenvalue weighted by molar-refractivity contribution is 0.109. The van der Waals surface area contributed by atoms with Crippen molar-refractivity contribution in [2.24, 2.45) is 5.41 Å². The van der Waals surface area contributed by atoms with Crippen molar-refractivity contribution in [3.63, 3.8) is 0 Å². The van der Waals surface area contributed by atoms with E-state index in [1.165, 1.54) is 5.56 Å². The van der Waals surface area contributed by atoms with Gasteiger partial charge in [-0.1, -0.05) is 48.8 Å². The minimum Gasteiger partial charge on any atom is -0.396 e. The Morgan fingerprint density at radius 3 is 2.42 bits per heavy atom. The van der Waals surface area contributed by atoms with Crippen LogP contribution in [0.1, 0.15) is 51.6 Å². The number of rotatable bonds is 8. The maximum absolute atomic E-state index is 9.63. The van der Waals surface area contributed by atoms with E-state index in [-0.39, 0.29) is 12.0 Å². The Kier molecular flexibility index (Phi) is 7.05. The second kappa shape index (κ2) is 8.03. The summed E-state index contributed by atoms with van der Waals surface area (Å²) >= 11 is 3.52. The van der Waals surface area contributed by atoms with Crippen LogP contribution < -0.4 is 5.32 Å². The standard InChI is InChI=1S/C16H26BrNO/c1-4-15(13-8-7-9-14(17)10-13)18-11-16(5-2,6-3)12-19/h7-10,15,18-19H,4-6,11-12H2,1-3H3. The maximum atomic E-state index is 9.63. The van der Waals surface area contributed by atoms with Crippen LogP contribution in [-0.2, 0) is 0 Å². The summed E-state index contributed by atoms with van der Waals surface area (Å²) in [5, 5.41) is 13.3. The van der Waals surface area contributed by atoms with Crippen molar-refractivity contribution in [2.45, 2.75) is 46.1 Å². The van der Waals surface area contributed by atoms with Crippen molar-refractivity contribution >= 4 is 15.9 Å². The molecule has 0 bridgehead atoms. The molecule has 0 heterocycles. The summed E-state index contributed by atoms with van der Waals surface area (Å²) in [6.07, 6.45) is 3.05. The molecule has 0 aliphatic heterocycles. The summed E-state index contributed by atoms with van der Waals surface area (Å²) in [4.78, 5) is 0. The first-order valence-electron chi connectivity index (χ1n) is 7.20. The molecule has 19 heavy (non-hydrogen) atoms. The average molecular weight is 328 g/mol. The lowest BCUT2D eigenvalue weighted by atomic mass is 9.83. The highest BCUT2D eigenvalue weighted by Gasteiger charge is 2.26. The van der Waals surface area contributed by atoms with Gasteiger partial charge in [0.15, 0.2) is 0 Å². The van der Waals surface area contributed by atoms with Gasteiger partial charge in [0.2, 0.25) is 0 Å². The Morgan fingerprint density at radius 1 is 1.26 bits per heavy atom. The largest absolute Gasteiger partial charge is 0.396 e. The van der Waals surface area contributed by atoms with E-state index < -0.39 is 0 Å². The van der Waals surface area contributed by atoms with Gasteiger partial charge in [0.1, 0.15) is 0 Å². The van der Waals surface area contributed by atoms with Crippen LogP contribution in [0, 0.1) is 5.41 Å². The first-order chi connectivity index (χ1) is 9.10. The summed E-state index contributed by atoms with van der Waals surface area (Å²) < 4.78 is 1.12. The molecule has 1 unspecified atom stereocenters. The first kappa shape index (κ1) is 16.7. The lowest BCUT2D eigenvalue weighted by Crippen LogP contribution is -2.38. The van der Waals surface area contributed by atoms with Crippen LogP contribution in [0.5, 0.6) is 0 Å². The van der Waals surface area contributed by atoms with E-state index in [2.05, 4.69) is 60.2 Å². The predicted molar refractivity (Wildman–Crippen MR) is 85.3 cm³/mol. The molecule has 0 spiro atoms. The molecule has 0 saturated carbocycles. The van der Waals surface area contributed by atoms with E-state index >= 15 is 0 Å². The van der Waals surface area contributed by atoms with Crippen LogP contribution in [0.25, 0.3) is 0 Å².